The minimum absolute atomic E-state index is 0.0823. The number of nitriles is 1. The third kappa shape index (κ3) is 3.90. The topological polar surface area (TPSA) is 62.0 Å². The summed E-state index contributed by atoms with van der Waals surface area (Å²) in [6.07, 6.45) is 2.32. The summed E-state index contributed by atoms with van der Waals surface area (Å²) in [6.45, 7) is 8.10. The van der Waals surface area contributed by atoms with E-state index in [9.17, 15) is 0 Å². The van der Waals surface area contributed by atoms with Gasteiger partial charge in [-0.2, -0.15) is 5.26 Å². The second-order valence-corrected chi connectivity index (χ2v) is 5.81. The van der Waals surface area contributed by atoms with Crippen molar-refractivity contribution in [2.75, 3.05) is 18.0 Å². The van der Waals surface area contributed by atoms with E-state index in [1.165, 1.54) is 0 Å². The van der Waals surface area contributed by atoms with Crippen molar-refractivity contribution < 1.29 is 4.74 Å². The molecule has 2 rings (SSSR count). The van der Waals surface area contributed by atoms with Gasteiger partial charge in [0.15, 0.2) is 11.5 Å². The van der Waals surface area contributed by atoms with Crippen LogP contribution in [-0.4, -0.2) is 35.0 Å². The van der Waals surface area contributed by atoms with Crippen molar-refractivity contribution in [1.82, 2.24) is 10.2 Å². The van der Waals surface area contributed by atoms with Gasteiger partial charge in [0, 0.05) is 13.1 Å². The van der Waals surface area contributed by atoms with Crippen LogP contribution in [0.3, 0.4) is 0 Å². The normalized spacial score (nSPS) is 17.3. The van der Waals surface area contributed by atoms with Crippen molar-refractivity contribution in [3.05, 3.63) is 17.8 Å². The van der Waals surface area contributed by atoms with Crippen molar-refractivity contribution in [2.24, 2.45) is 0 Å². The first-order valence-electron chi connectivity index (χ1n) is 6.64. The van der Waals surface area contributed by atoms with Crippen LogP contribution >= 0.6 is 0 Å². The van der Waals surface area contributed by atoms with Crippen LogP contribution in [-0.2, 0) is 4.74 Å². The number of hydrogen-bond donors (Lipinski definition) is 0. The first-order chi connectivity index (χ1) is 8.98. The molecule has 1 fully saturated rings. The molecule has 19 heavy (non-hydrogen) atoms. The lowest BCUT2D eigenvalue weighted by molar-refractivity contribution is -0.0683. The van der Waals surface area contributed by atoms with Crippen molar-refractivity contribution >= 4 is 5.82 Å². The zero-order valence-corrected chi connectivity index (χ0v) is 11.8. The lowest BCUT2D eigenvalue weighted by Crippen LogP contribution is -2.40. The van der Waals surface area contributed by atoms with Crippen LogP contribution in [0.2, 0.25) is 0 Å². The number of anilines is 1. The van der Waals surface area contributed by atoms with Gasteiger partial charge in [0.1, 0.15) is 6.07 Å². The number of aromatic nitrogens is 2. The zero-order valence-electron chi connectivity index (χ0n) is 11.8. The molecule has 0 N–H and O–H groups in total. The molecule has 0 spiro atoms. The summed E-state index contributed by atoms with van der Waals surface area (Å²) in [6, 6.07) is 5.54. The summed E-state index contributed by atoms with van der Waals surface area (Å²) in [5.74, 6) is 0.841. The maximum atomic E-state index is 8.70. The largest absolute Gasteiger partial charge is 0.372 e. The highest BCUT2D eigenvalue weighted by Gasteiger charge is 2.24. The molecule has 1 aliphatic heterocycles. The average Bonchev–Trinajstić information content (AvgIpc) is 2.38. The Kier molecular flexibility index (Phi) is 4.01. The Hall–Kier alpha value is -1.67. The lowest BCUT2D eigenvalue weighted by Gasteiger charge is -2.35. The lowest BCUT2D eigenvalue weighted by atomic mass is 10.1. The van der Waals surface area contributed by atoms with Gasteiger partial charge in [-0.3, -0.25) is 0 Å². The summed E-state index contributed by atoms with van der Waals surface area (Å²) in [4.78, 5) is 2.19. The molecule has 0 unspecified atom stereocenters. The van der Waals surface area contributed by atoms with E-state index in [-0.39, 0.29) is 5.60 Å². The van der Waals surface area contributed by atoms with E-state index < -0.39 is 0 Å². The minimum Gasteiger partial charge on any atom is -0.372 e. The number of piperidine rings is 1. The Balaban J connectivity index is 1.91. The number of ether oxygens (including phenoxy) is 1. The molecule has 102 valence electrons. The second-order valence-electron chi connectivity index (χ2n) is 5.81. The summed E-state index contributed by atoms with van der Waals surface area (Å²) in [7, 11) is 0. The van der Waals surface area contributed by atoms with Crippen molar-refractivity contribution in [3.63, 3.8) is 0 Å². The predicted molar refractivity (Wildman–Crippen MR) is 72.8 cm³/mol. The molecule has 0 radical (unpaired) electrons. The molecule has 1 aromatic heterocycles. The molecule has 5 heteroatoms. The molecular formula is C14H20N4O. The fourth-order valence-corrected chi connectivity index (χ4v) is 2.26. The summed E-state index contributed by atoms with van der Waals surface area (Å²) in [5.41, 5.74) is 0.274. The van der Waals surface area contributed by atoms with Gasteiger partial charge in [-0.05, 0) is 45.7 Å². The first kappa shape index (κ1) is 13.8. The Morgan fingerprint density at radius 3 is 2.42 bits per heavy atom. The number of rotatable bonds is 2. The first-order valence-corrected chi connectivity index (χ1v) is 6.64. The van der Waals surface area contributed by atoms with Gasteiger partial charge in [-0.25, -0.2) is 0 Å². The third-order valence-electron chi connectivity index (χ3n) is 3.05. The summed E-state index contributed by atoms with van der Waals surface area (Å²) >= 11 is 0. The fourth-order valence-electron chi connectivity index (χ4n) is 2.26. The Labute approximate surface area is 114 Å². The van der Waals surface area contributed by atoms with Gasteiger partial charge in [0.2, 0.25) is 0 Å². The van der Waals surface area contributed by atoms with Crippen LogP contribution in [0.15, 0.2) is 12.1 Å². The highest BCUT2D eigenvalue weighted by Crippen LogP contribution is 2.22. The second kappa shape index (κ2) is 5.54. The van der Waals surface area contributed by atoms with Crippen LogP contribution in [0.5, 0.6) is 0 Å². The van der Waals surface area contributed by atoms with E-state index >= 15 is 0 Å². The minimum atomic E-state index is -0.0823. The molecule has 1 saturated heterocycles. The standard InChI is InChI=1S/C14H20N4O/c1-14(2,3)19-12-6-8-18(9-7-12)13-5-4-11(10-15)16-17-13/h4-5,12H,6-9H2,1-3H3. The molecule has 2 heterocycles. The average molecular weight is 260 g/mol. The molecule has 0 atom stereocenters. The summed E-state index contributed by atoms with van der Waals surface area (Å²) < 4.78 is 5.99. The molecule has 5 nitrogen and oxygen atoms in total. The monoisotopic (exact) mass is 260 g/mol. The van der Waals surface area contributed by atoms with Gasteiger partial charge in [0.25, 0.3) is 0 Å². The van der Waals surface area contributed by atoms with E-state index in [4.69, 9.17) is 10.00 Å². The van der Waals surface area contributed by atoms with Crippen molar-refractivity contribution in [3.8, 4) is 6.07 Å². The quantitative estimate of drug-likeness (QED) is 0.815. The van der Waals surface area contributed by atoms with Crippen LogP contribution < -0.4 is 4.90 Å². The maximum Gasteiger partial charge on any atom is 0.163 e. The van der Waals surface area contributed by atoms with Crippen molar-refractivity contribution in [2.45, 2.75) is 45.3 Å². The number of hydrogen-bond acceptors (Lipinski definition) is 5. The SMILES string of the molecule is CC(C)(C)OC1CCN(c2ccc(C#N)nn2)CC1. The maximum absolute atomic E-state index is 8.70. The predicted octanol–water partition coefficient (Wildman–Crippen LogP) is 2.13. The highest BCUT2D eigenvalue weighted by atomic mass is 16.5. The van der Waals surface area contributed by atoms with Gasteiger partial charge in [-0.15, -0.1) is 10.2 Å². The van der Waals surface area contributed by atoms with E-state index in [2.05, 4.69) is 35.9 Å². The molecule has 0 aromatic carbocycles. The van der Waals surface area contributed by atoms with Crippen LogP contribution in [0.1, 0.15) is 39.3 Å². The van der Waals surface area contributed by atoms with E-state index in [1.54, 1.807) is 6.07 Å². The highest BCUT2D eigenvalue weighted by molar-refractivity contribution is 5.39. The molecule has 0 bridgehead atoms. The Morgan fingerprint density at radius 2 is 1.95 bits per heavy atom. The molecule has 0 amide bonds. The molecule has 0 saturated carbocycles. The Morgan fingerprint density at radius 1 is 1.26 bits per heavy atom. The van der Waals surface area contributed by atoms with Crippen LogP contribution in [0, 0.1) is 11.3 Å². The van der Waals surface area contributed by atoms with E-state index in [1.807, 2.05) is 12.1 Å². The molecular weight excluding hydrogens is 240 g/mol. The van der Waals surface area contributed by atoms with Gasteiger partial charge in [0.05, 0.1) is 11.7 Å². The fraction of sp³-hybridized carbons (Fsp3) is 0.643. The molecule has 0 aliphatic carbocycles. The van der Waals surface area contributed by atoms with E-state index in [0.717, 1.165) is 31.7 Å². The van der Waals surface area contributed by atoms with Gasteiger partial charge in [-0.1, -0.05) is 0 Å². The van der Waals surface area contributed by atoms with Crippen molar-refractivity contribution in [1.29, 1.82) is 5.26 Å². The zero-order chi connectivity index (χ0) is 13.9. The van der Waals surface area contributed by atoms with Crippen LogP contribution in [0.25, 0.3) is 0 Å². The third-order valence-corrected chi connectivity index (χ3v) is 3.05. The van der Waals surface area contributed by atoms with Crippen LogP contribution in [0.4, 0.5) is 5.82 Å². The Bertz CT molecular complexity index is 450. The molecule has 1 aliphatic rings. The smallest absolute Gasteiger partial charge is 0.163 e. The number of nitrogens with zero attached hydrogens (tertiary/aromatic N) is 4. The van der Waals surface area contributed by atoms with E-state index in [0.29, 0.717) is 11.8 Å². The van der Waals surface area contributed by atoms with Gasteiger partial charge >= 0.3 is 0 Å². The van der Waals surface area contributed by atoms with Gasteiger partial charge < -0.3 is 9.64 Å². The molecule has 1 aromatic rings. The summed E-state index contributed by atoms with van der Waals surface area (Å²) in [5, 5.41) is 16.7.